The fourth-order valence-electron chi connectivity index (χ4n) is 2.14. The molecule has 0 aliphatic rings. The van der Waals surface area contributed by atoms with E-state index in [0.29, 0.717) is 12.8 Å². The molecule has 0 aliphatic heterocycles. The first-order valence-electron chi connectivity index (χ1n) is 6.42. The van der Waals surface area contributed by atoms with Crippen molar-refractivity contribution in [3.8, 4) is 0 Å². The van der Waals surface area contributed by atoms with Crippen LogP contribution in [0.2, 0.25) is 0 Å². The molecule has 2 aromatic heterocycles. The van der Waals surface area contributed by atoms with Crippen molar-refractivity contribution in [3.63, 3.8) is 0 Å². The summed E-state index contributed by atoms with van der Waals surface area (Å²) >= 11 is 0. The van der Waals surface area contributed by atoms with Gasteiger partial charge in [-0.15, -0.1) is 0 Å². The van der Waals surface area contributed by atoms with E-state index in [1.165, 1.54) is 0 Å². The van der Waals surface area contributed by atoms with E-state index >= 15 is 0 Å². The minimum absolute atomic E-state index is 0.350. The summed E-state index contributed by atoms with van der Waals surface area (Å²) in [6.45, 7) is 4.88. The van der Waals surface area contributed by atoms with Crippen LogP contribution in [0.4, 0.5) is 0 Å². The van der Waals surface area contributed by atoms with E-state index in [1.807, 2.05) is 29.8 Å². The summed E-state index contributed by atoms with van der Waals surface area (Å²) in [4.78, 5) is 0. The average molecular weight is 248 g/mol. The second kappa shape index (κ2) is 5.87. The summed E-state index contributed by atoms with van der Waals surface area (Å²) in [6.07, 6.45) is 3.44. The number of hydrogen-bond donors (Lipinski definition) is 1. The van der Waals surface area contributed by atoms with Crippen molar-refractivity contribution in [1.29, 1.82) is 0 Å². The second-order valence-corrected chi connectivity index (χ2v) is 4.57. The third kappa shape index (κ3) is 3.23. The average Bonchev–Trinajstić information content (AvgIpc) is 2.96. The molecule has 4 heteroatoms. The van der Waals surface area contributed by atoms with E-state index in [2.05, 4.69) is 12.0 Å². The normalized spacial score (nSPS) is 12.8. The number of furan rings is 1. The first kappa shape index (κ1) is 12.9. The van der Waals surface area contributed by atoms with Crippen LogP contribution in [0.1, 0.15) is 30.5 Å². The fraction of sp³-hybridized carbons (Fsp3) is 0.500. The molecule has 0 aromatic carbocycles. The number of aliphatic hydroxyl groups excluding tert-OH is 1. The van der Waals surface area contributed by atoms with Gasteiger partial charge in [-0.3, -0.25) is 4.68 Å². The molecule has 0 amide bonds. The summed E-state index contributed by atoms with van der Waals surface area (Å²) in [5, 5.41) is 14.4. The van der Waals surface area contributed by atoms with Crippen LogP contribution in [0, 0.1) is 6.92 Å². The van der Waals surface area contributed by atoms with Crippen LogP contribution in [0.5, 0.6) is 0 Å². The Balaban J connectivity index is 1.88. The number of hydrogen-bond acceptors (Lipinski definition) is 3. The van der Waals surface area contributed by atoms with Crippen molar-refractivity contribution < 1.29 is 9.52 Å². The van der Waals surface area contributed by atoms with Crippen LogP contribution in [0.25, 0.3) is 0 Å². The maximum absolute atomic E-state index is 10.0. The van der Waals surface area contributed by atoms with Gasteiger partial charge in [-0.25, -0.2) is 0 Å². The predicted molar refractivity (Wildman–Crippen MR) is 69.4 cm³/mol. The van der Waals surface area contributed by atoms with Gasteiger partial charge in [-0.2, -0.15) is 5.10 Å². The molecule has 2 rings (SSSR count). The van der Waals surface area contributed by atoms with Gasteiger partial charge in [0.1, 0.15) is 5.76 Å². The van der Waals surface area contributed by atoms with Gasteiger partial charge in [0.25, 0.3) is 0 Å². The maximum Gasteiger partial charge on any atom is 0.103 e. The molecule has 4 nitrogen and oxygen atoms in total. The molecular weight excluding hydrogens is 228 g/mol. The molecule has 2 aromatic rings. The zero-order valence-electron chi connectivity index (χ0n) is 11.0. The van der Waals surface area contributed by atoms with Gasteiger partial charge in [-0.1, -0.05) is 0 Å². The summed E-state index contributed by atoms with van der Waals surface area (Å²) in [7, 11) is 0. The number of aromatic nitrogens is 2. The Hall–Kier alpha value is -1.55. The first-order valence-corrected chi connectivity index (χ1v) is 6.42. The Bertz CT molecular complexity index is 474. The van der Waals surface area contributed by atoms with Crippen molar-refractivity contribution in [2.24, 2.45) is 0 Å². The molecule has 98 valence electrons. The Kier molecular flexibility index (Phi) is 4.20. The van der Waals surface area contributed by atoms with Crippen molar-refractivity contribution in [1.82, 2.24) is 9.78 Å². The zero-order valence-corrected chi connectivity index (χ0v) is 11.0. The van der Waals surface area contributed by atoms with Crippen molar-refractivity contribution in [2.75, 3.05) is 0 Å². The summed E-state index contributed by atoms with van der Waals surface area (Å²) in [5.41, 5.74) is 2.10. The van der Waals surface area contributed by atoms with E-state index in [4.69, 9.17) is 4.42 Å². The van der Waals surface area contributed by atoms with Crippen LogP contribution >= 0.6 is 0 Å². The SMILES string of the molecule is CCn1nc(C)cc1CC(O)CCc1ccco1. The van der Waals surface area contributed by atoms with Crippen LogP contribution in [-0.4, -0.2) is 21.0 Å². The van der Waals surface area contributed by atoms with Crippen molar-refractivity contribution in [2.45, 2.75) is 45.8 Å². The molecule has 1 atom stereocenters. The molecule has 0 spiro atoms. The first-order chi connectivity index (χ1) is 8.69. The summed E-state index contributed by atoms with van der Waals surface area (Å²) < 4.78 is 7.20. The van der Waals surface area contributed by atoms with Crippen LogP contribution < -0.4 is 0 Å². The number of aryl methyl sites for hydroxylation is 3. The smallest absolute Gasteiger partial charge is 0.103 e. The highest BCUT2D eigenvalue weighted by Gasteiger charge is 2.11. The molecule has 0 fully saturated rings. The van der Waals surface area contributed by atoms with Gasteiger partial charge < -0.3 is 9.52 Å². The number of aliphatic hydroxyl groups is 1. The largest absolute Gasteiger partial charge is 0.469 e. The molecule has 0 radical (unpaired) electrons. The van der Waals surface area contributed by atoms with Gasteiger partial charge in [0, 0.05) is 25.1 Å². The molecule has 1 unspecified atom stereocenters. The lowest BCUT2D eigenvalue weighted by Crippen LogP contribution is -2.15. The lowest BCUT2D eigenvalue weighted by Gasteiger charge is -2.10. The topological polar surface area (TPSA) is 51.2 Å². The number of nitrogens with zero attached hydrogens (tertiary/aromatic N) is 2. The predicted octanol–water partition coefficient (Wildman–Crippen LogP) is 2.34. The Morgan fingerprint density at radius 1 is 1.50 bits per heavy atom. The third-order valence-corrected chi connectivity index (χ3v) is 3.03. The summed E-state index contributed by atoms with van der Waals surface area (Å²) in [5.74, 6) is 0.925. The van der Waals surface area contributed by atoms with Gasteiger partial charge in [0.05, 0.1) is 18.1 Å². The maximum atomic E-state index is 10.0. The minimum atomic E-state index is -0.350. The quantitative estimate of drug-likeness (QED) is 0.853. The molecule has 0 bridgehead atoms. The highest BCUT2D eigenvalue weighted by atomic mass is 16.3. The third-order valence-electron chi connectivity index (χ3n) is 3.03. The lowest BCUT2D eigenvalue weighted by atomic mass is 10.1. The standard InChI is InChI=1S/C14H20N2O2/c1-3-16-12(9-11(2)15-16)10-13(17)6-7-14-5-4-8-18-14/h4-5,8-9,13,17H,3,6-7,10H2,1-2H3. The Morgan fingerprint density at radius 2 is 2.33 bits per heavy atom. The minimum Gasteiger partial charge on any atom is -0.469 e. The van der Waals surface area contributed by atoms with E-state index in [-0.39, 0.29) is 6.10 Å². The van der Waals surface area contributed by atoms with Gasteiger partial charge >= 0.3 is 0 Å². The van der Waals surface area contributed by atoms with E-state index in [9.17, 15) is 5.11 Å². The zero-order chi connectivity index (χ0) is 13.0. The summed E-state index contributed by atoms with van der Waals surface area (Å²) in [6, 6.07) is 5.85. The fourth-order valence-corrected chi connectivity index (χ4v) is 2.14. The highest BCUT2D eigenvalue weighted by Crippen LogP contribution is 2.11. The van der Waals surface area contributed by atoms with E-state index < -0.39 is 0 Å². The number of rotatable bonds is 6. The Labute approximate surface area is 107 Å². The van der Waals surface area contributed by atoms with Gasteiger partial charge in [0.2, 0.25) is 0 Å². The van der Waals surface area contributed by atoms with Gasteiger partial charge in [-0.05, 0) is 38.5 Å². The molecule has 0 saturated carbocycles. The van der Waals surface area contributed by atoms with Crippen LogP contribution in [-0.2, 0) is 19.4 Å². The molecule has 1 N–H and O–H groups in total. The highest BCUT2D eigenvalue weighted by molar-refractivity contribution is 5.10. The second-order valence-electron chi connectivity index (χ2n) is 4.57. The molecule has 2 heterocycles. The van der Waals surface area contributed by atoms with Crippen molar-refractivity contribution >= 4 is 0 Å². The van der Waals surface area contributed by atoms with Crippen LogP contribution in [0.15, 0.2) is 28.9 Å². The molecular formula is C14H20N2O2. The van der Waals surface area contributed by atoms with Gasteiger partial charge in [0.15, 0.2) is 0 Å². The Morgan fingerprint density at radius 3 is 3.00 bits per heavy atom. The van der Waals surface area contributed by atoms with Crippen molar-refractivity contribution in [3.05, 3.63) is 41.6 Å². The van der Waals surface area contributed by atoms with E-state index in [0.717, 1.165) is 30.1 Å². The van der Waals surface area contributed by atoms with Crippen LogP contribution in [0.3, 0.4) is 0 Å². The molecule has 0 aliphatic carbocycles. The van der Waals surface area contributed by atoms with E-state index in [1.54, 1.807) is 6.26 Å². The monoisotopic (exact) mass is 248 g/mol. The lowest BCUT2D eigenvalue weighted by molar-refractivity contribution is 0.160. The molecule has 0 saturated heterocycles. The molecule has 18 heavy (non-hydrogen) atoms.